The van der Waals surface area contributed by atoms with Crippen LogP contribution in [0.5, 0.6) is 0 Å². The number of allylic oxidation sites excluding steroid dienone is 2. The average molecular weight is 409 g/mol. The van der Waals surface area contributed by atoms with Crippen molar-refractivity contribution in [1.82, 2.24) is 0 Å². The minimum Gasteiger partial charge on any atom is -0.192 e. The van der Waals surface area contributed by atoms with Gasteiger partial charge in [0, 0.05) is 0 Å². The lowest BCUT2D eigenvalue weighted by atomic mass is 9.97. The van der Waals surface area contributed by atoms with Crippen molar-refractivity contribution >= 4 is 23.3 Å². The molecular weight excluding hydrogens is 388 g/mol. The number of nitriles is 2. The Hall–Kier alpha value is -4.66. The monoisotopic (exact) mass is 408 g/mol. The second kappa shape index (κ2) is 9.90. The molecule has 4 rings (SSSR count). The maximum atomic E-state index is 9.59. The van der Waals surface area contributed by atoms with Gasteiger partial charge >= 0.3 is 0 Å². The summed E-state index contributed by atoms with van der Waals surface area (Å²) in [6.45, 7) is 0. The summed E-state index contributed by atoms with van der Waals surface area (Å²) in [5.41, 5.74) is 7.14. The Labute approximate surface area is 188 Å². The molecule has 32 heavy (non-hydrogen) atoms. The van der Waals surface area contributed by atoms with Crippen molar-refractivity contribution < 1.29 is 0 Å². The highest BCUT2D eigenvalue weighted by molar-refractivity contribution is 5.91. The fourth-order valence-corrected chi connectivity index (χ4v) is 3.48. The lowest BCUT2D eigenvalue weighted by molar-refractivity contribution is 1.51. The Morgan fingerprint density at radius 3 is 1.12 bits per heavy atom. The fourth-order valence-electron chi connectivity index (χ4n) is 3.48. The van der Waals surface area contributed by atoms with Crippen LogP contribution >= 0.6 is 0 Å². The molecule has 0 saturated heterocycles. The van der Waals surface area contributed by atoms with Gasteiger partial charge in [-0.1, -0.05) is 109 Å². The van der Waals surface area contributed by atoms with E-state index < -0.39 is 0 Å². The lowest BCUT2D eigenvalue weighted by Crippen LogP contribution is -1.86. The van der Waals surface area contributed by atoms with Gasteiger partial charge in [0.15, 0.2) is 0 Å². The summed E-state index contributed by atoms with van der Waals surface area (Å²) in [4.78, 5) is 0. The summed E-state index contributed by atoms with van der Waals surface area (Å²) in [5, 5.41) is 19.2. The van der Waals surface area contributed by atoms with E-state index in [1.807, 2.05) is 121 Å². The van der Waals surface area contributed by atoms with Gasteiger partial charge < -0.3 is 0 Å². The molecule has 0 aliphatic rings. The SMILES string of the molecule is N#C/C(=C/c1ccccc1)c1ccc(-c2ccc(/C(C#N)=C\c3ccccc3)cc2)cc1. The first-order valence-electron chi connectivity index (χ1n) is 10.3. The van der Waals surface area contributed by atoms with Crippen LogP contribution in [0.3, 0.4) is 0 Å². The van der Waals surface area contributed by atoms with Crippen LogP contribution in [0.1, 0.15) is 22.3 Å². The van der Waals surface area contributed by atoms with E-state index in [2.05, 4.69) is 12.1 Å². The van der Waals surface area contributed by atoms with Crippen LogP contribution < -0.4 is 0 Å². The Kier molecular flexibility index (Phi) is 6.37. The number of hydrogen-bond donors (Lipinski definition) is 0. The largest absolute Gasteiger partial charge is 0.192 e. The summed E-state index contributed by atoms with van der Waals surface area (Å²) in [5.74, 6) is 0. The Bertz CT molecular complexity index is 1220. The number of rotatable bonds is 5. The molecule has 150 valence electrons. The van der Waals surface area contributed by atoms with Crippen LogP contribution in [0, 0.1) is 22.7 Å². The number of benzene rings is 4. The summed E-state index contributed by atoms with van der Waals surface area (Å²) in [7, 11) is 0. The lowest BCUT2D eigenvalue weighted by Gasteiger charge is -2.06. The molecule has 0 atom stereocenters. The molecule has 4 aromatic carbocycles. The molecule has 4 aromatic rings. The van der Waals surface area contributed by atoms with E-state index in [1.54, 1.807) is 0 Å². The third-order valence-corrected chi connectivity index (χ3v) is 5.19. The molecule has 0 aliphatic carbocycles. The molecule has 0 unspecified atom stereocenters. The van der Waals surface area contributed by atoms with Crippen LogP contribution in [0.25, 0.3) is 34.4 Å². The van der Waals surface area contributed by atoms with Gasteiger partial charge in [0.25, 0.3) is 0 Å². The minimum atomic E-state index is 0.628. The third-order valence-electron chi connectivity index (χ3n) is 5.19. The predicted octanol–water partition coefficient (Wildman–Crippen LogP) is 7.48. The van der Waals surface area contributed by atoms with Crippen LogP contribution in [0.15, 0.2) is 109 Å². The van der Waals surface area contributed by atoms with E-state index in [-0.39, 0.29) is 0 Å². The first-order chi connectivity index (χ1) is 15.8. The van der Waals surface area contributed by atoms with Crippen LogP contribution in [0.4, 0.5) is 0 Å². The molecule has 0 aliphatic heterocycles. The highest BCUT2D eigenvalue weighted by Crippen LogP contribution is 2.26. The van der Waals surface area contributed by atoms with E-state index in [9.17, 15) is 10.5 Å². The maximum Gasteiger partial charge on any atom is 0.0998 e. The van der Waals surface area contributed by atoms with Gasteiger partial charge in [0.1, 0.15) is 0 Å². The Morgan fingerprint density at radius 1 is 0.469 bits per heavy atom. The van der Waals surface area contributed by atoms with E-state index in [0.29, 0.717) is 11.1 Å². The molecule has 0 aromatic heterocycles. The van der Waals surface area contributed by atoms with Crippen molar-refractivity contribution in [2.45, 2.75) is 0 Å². The number of nitrogens with zero attached hydrogens (tertiary/aromatic N) is 2. The molecule has 2 nitrogen and oxygen atoms in total. The van der Waals surface area contributed by atoms with Crippen molar-refractivity contribution in [1.29, 1.82) is 10.5 Å². The molecule has 0 bridgehead atoms. The summed E-state index contributed by atoms with van der Waals surface area (Å²) >= 11 is 0. The molecule has 0 spiro atoms. The highest BCUT2D eigenvalue weighted by atomic mass is 14.3. The van der Waals surface area contributed by atoms with E-state index in [1.165, 1.54) is 0 Å². The standard InChI is InChI=1S/C30H20N2/c31-21-29(19-23-7-3-1-4-8-23)27-15-11-25(12-16-27)26-13-17-28(18-14-26)30(22-32)20-24-9-5-2-6-10-24/h1-20H/b29-19-,30-20-. The second-order valence-electron chi connectivity index (χ2n) is 7.32. The smallest absolute Gasteiger partial charge is 0.0998 e. The van der Waals surface area contributed by atoms with Crippen LogP contribution in [-0.4, -0.2) is 0 Å². The van der Waals surface area contributed by atoms with Gasteiger partial charge in [-0.2, -0.15) is 10.5 Å². The molecule has 0 amide bonds. The topological polar surface area (TPSA) is 47.6 Å². The van der Waals surface area contributed by atoms with Crippen molar-refractivity contribution in [2.75, 3.05) is 0 Å². The second-order valence-corrected chi connectivity index (χ2v) is 7.32. The molecule has 0 fully saturated rings. The van der Waals surface area contributed by atoms with E-state index in [4.69, 9.17) is 0 Å². The first kappa shape index (κ1) is 20.6. The van der Waals surface area contributed by atoms with Gasteiger partial charge in [-0.25, -0.2) is 0 Å². The van der Waals surface area contributed by atoms with E-state index >= 15 is 0 Å². The first-order valence-corrected chi connectivity index (χ1v) is 10.3. The van der Waals surface area contributed by atoms with Crippen LogP contribution in [-0.2, 0) is 0 Å². The quantitative estimate of drug-likeness (QED) is 0.254. The van der Waals surface area contributed by atoms with Gasteiger partial charge in [0.2, 0.25) is 0 Å². The Morgan fingerprint density at radius 2 is 0.812 bits per heavy atom. The summed E-state index contributed by atoms with van der Waals surface area (Å²) in [6.07, 6.45) is 3.79. The molecule has 0 N–H and O–H groups in total. The van der Waals surface area contributed by atoms with Crippen molar-refractivity contribution in [2.24, 2.45) is 0 Å². The zero-order valence-electron chi connectivity index (χ0n) is 17.4. The van der Waals surface area contributed by atoms with Gasteiger partial charge in [-0.3, -0.25) is 0 Å². The summed E-state index contributed by atoms with van der Waals surface area (Å²) < 4.78 is 0. The predicted molar refractivity (Wildman–Crippen MR) is 132 cm³/mol. The molecule has 0 saturated carbocycles. The van der Waals surface area contributed by atoms with Gasteiger partial charge in [0.05, 0.1) is 23.3 Å². The normalized spacial score (nSPS) is 11.4. The summed E-state index contributed by atoms with van der Waals surface area (Å²) in [6, 6.07) is 40.2. The molecular formula is C30H20N2. The van der Waals surface area contributed by atoms with Gasteiger partial charge in [-0.15, -0.1) is 0 Å². The number of hydrogen-bond acceptors (Lipinski definition) is 2. The van der Waals surface area contributed by atoms with E-state index in [0.717, 1.165) is 33.4 Å². The maximum absolute atomic E-state index is 9.59. The molecule has 0 heterocycles. The molecule has 0 radical (unpaired) electrons. The van der Waals surface area contributed by atoms with Crippen molar-refractivity contribution in [3.8, 4) is 23.3 Å². The fraction of sp³-hybridized carbons (Fsp3) is 0. The minimum absolute atomic E-state index is 0.628. The molecule has 2 heteroatoms. The zero-order chi connectivity index (χ0) is 22.2. The van der Waals surface area contributed by atoms with Crippen LogP contribution in [0.2, 0.25) is 0 Å². The van der Waals surface area contributed by atoms with Crippen molar-refractivity contribution in [3.05, 3.63) is 131 Å². The van der Waals surface area contributed by atoms with Gasteiger partial charge in [-0.05, 0) is 45.5 Å². The average Bonchev–Trinajstić information content (AvgIpc) is 2.87. The highest BCUT2D eigenvalue weighted by Gasteiger charge is 2.05. The van der Waals surface area contributed by atoms with Crippen molar-refractivity contribution in [3.63, 3.8) is 0 Å². The zero-order valence-corrected chi connectivity index (χ0v) is 17.4. The Balaban J connectivity index is 1.56. The third kappa shape index (κ3) is 4.90.